The highest BCUT2D eigenvalue weighted by Crippen LogP contribution is 2.37. The monoisotopic (exact) mass is 332 g/mol. The molecule has 4 heteroatoms. The molecule has 1 heterocycles. The van der Waals surface area contributed by atoms with Crippen LogP contribution in [0.2, 0.25) is 0 Å². The number of hydrogen-bond acceptors (Lipinski definition) is 3. The van der Waals surface area contributed by atoms with Crippen molar-refractivity contribution in [1.82, 2.24) is 10.2 Å². The Morgan fingerprint density at radius 1 is 1.33 bits per heavy atom. The molecule has 3 unspecified atom stereocenters. The standard InChI is InChI=1S/C20H32N2O2/c1-15(23)21-18-17(16-9-7-6-8-10-16)22(13-11-19(2,3)4)14-12-20(18,5)24/h6-10,17-18,24H,11-14H2,1-5H3,(H,21,23). The molecule has 1 fully saturated rings. The lowest BCUT2D eigenvalue weighted by Crippen LogP contribution is -2.62. The van der Waals surface area contributed by atoms with E-state index in [0.717, 1.165) is 25.1 Å². The molecule has 1 aromatic rings. The van der Waals surface area contributed by atoms with Gasteiger partial charge in [0.05, 0.1) is 17.7 Å². The van der Waals surface area contributed by atoms with Crippen molar-refractivity contribution in [1.29, 1.82) is 0 Å². The minimum atomic E-state index is -0.912. The summed E-state index contributed by atoms with van der Waals surface area (Å²) in [5.74, 6) is -0.0983. The van der Waals surface area contributed by atoms with Crippen molar-refractivity contribution in [2.24, 2.45) is 5.41 Å². The van der Waals surface area contributed by atoms with Crippen LogP contribution in [0, 0.1) is 5.41 Å². The van der Waals surface area contributed by atoms with Gasteiger partial charge in [-0.05, 0) is 37.3 Å². The van der Waals surface area contributed by atoms with Gasteiger partial charge < -0.3 is 10.4 Å². The topological polar surface area (TPSA) is 52.6 Å². The molecule has 1 saturated heterocycles. The second-order valence-electron chi connectivity index (χ2n) is 8.49. The van der Waals surface area contributed by atoms with Crippen LogP contribution in [-0.2, 0) is 4.79 Å². The summed E-state index contributed by atoms with van der Waals surface area (Å²) in [5.41, 5.74) is 0.486. The Labute approximate surface area is 146 Å². The van der Waals surface area contributed by atoms with Crippen LogP contribution in [0.25, 0.3) is 0 Å². The van der Waals surface area contributed by atoms with Crippen molar-refractivity contribution in [3.63, 3.8) is 0 Å². The van der Waals surface area contributed by atoms with Gasteiger partial charge in [-0.2, -0.15) is 0 Å². The fraction of sp³-hybridized carbons (Fsp3) is 0.650. The van der Waals surface area contributed by atoms with Crippen molar-refractivity contribution < 1.29 is 9.90 Å². The summed E-state index contributed by atoms with van der Waals surface area (Å²) >= 11 is 0. The van der Waals surface area contributed by atoms with Crippen LogP contribution in [0.3, 0.4) is 0 Å². The Bertz CT molecular complexity index is 549. The van der Waals surface area contributed by atoms with Crippen LogP contribution < -0.4 is 5.32 Å². The number of amides is 1. The minimum Gasteiger partial charge on any atom is -0.388 e. The zero-order chi connectivity index (χ0) is 18.0. The quantitative estimate of drug-likeness (QED) is 0.891. The summed E-state index contributed by atoms with van der Waals surface area (Å²) in [6, 6.07) is 9.89. The van der Waals surface area contributed by atoms with E-state index in [1.54, 1.807) is 0 Å². The smallest absolute Gasteiger partial charge is 0.217 e. The predicted molar refractivity (Wildman–Crippen MR) is 97.7 cm³/mol. The van der Waals surface area contributed by atoms with Gasteiger partial charge in [0.25, 0.3) is 0 Å². The van der Waals surface area contributed by atoms with E-state index in [9.17, 15) is 9.90 Å². The van der Waals surface area contributed by atoms with Crippen LogP contribution in [0.5, 0.6) is 0 Å². The summed E-state index contributed by atoms with van der Waals surface area (Å²) in [6.07, 6.45) is 1.73. The third-order valence-electron chi connectivity index (χ3n) is 4.93. The first-order valence-electron chi connectivity index (χ1n) is 8.89. The number of hydrogen-bond donors (Lipinski definition) is 2. The van der Waals surface area contributed by atoms with Crippen LogP contribution in [-0.4, -0.2) is 40.6 Å². The van der Waals surface area contributed by atoms with E-state index in [4.69, 9.17) is 0 Å². The van der Waals surface area contributed by atoms with Crippen molar-refractivity contribution in [3.8, 4) is 0 Å². The molecule has 2 N–H and O–H groups in total. The molecule has 0 aliphatic carbocycles. The van der Waals surface area contributed by atoms with Gasteiger partial charge in [0.2, 0.25) is 5.91 Å². The lowest BCUT2D eigenvalue weighted by molar-refractivity contribution is -0.126. The van der Waals surface area contributed by atoms with Gasteiger partial charge in [0.1, 0.15) is 0 Å². The molecule has 0 saturated carbocycles. The number of benzene rings is 1. The Morgan fingerprint density at radius 2 is 1.96 bits per heavy atom. The number of nitrogens with one attached hydrogen (secondary N) is 1. The summed E-state index contributed by atoms with van der Waals surface area (Å²) in [6.45, 7) is 11.9. The molecule has 24 heavy (non-hydrogen) atoms. The highest BCUT2D eigenvalue weighted by molar-refractivity contribution is 5.73. The second-order valence-corrected chi connectivity index (χ2v) is 8.49. The highest BCUT2D eigenvalue weighted by Gasteiger charge is 2.45. The molecule has 1 aliphatic rings. The van der Waals surface area contributed by atoms with E-state index in [-0.39, 0.29) is 23.4 Å². The van der Waals surface area contributed by atoms with E-state index >= 15 is 0 Å². The van der Waals surface area contributed by atoms with Gasteiger partial charge in [-0.1, -0.05) is 51.1 Å². The molecule has 0 bridgehead atoms. The average molecular weight is 332 g/mol. The normalized spacial score (nSPS) is 28.6. The van der Waals surface area contributed by atoms with E-state index < -0.39 is 5.60 Å². The fourth-order valence-corrected chi connectivity index (χ4v) is 3.45. The lowest BCUT2D eigenvalue weighted by Gasteiger charge is -2.49. The summed E-state index contributed by atoms with van der Waals surface area (Å²) in [4.78, 5) is 14.2. The van der Waals surface area contributed by atoms with E-state index in [2.05, 4.69) is 43.1 Å². The minimum absolute atomic E-state index is 0.0128. The van der Waals surface area contributed by atoms with Crippen LogP contribution in [0.1, 0.15) is 59.1 Å². The molecule has 0 radical (unpaired) electrons. The summed E-state index contributed by atoms with van der Waals surface area (Å²) in [7, 11) is 0. The van der Waals surface area contributed by atoms with Gasteiger partial charge in [-0.25, -0.2) is 0 Å². The molecule has 1 aliphatic heterocycles. The van der Waals surface area contributed by atoms with E-state index in [1.165, 1.54) is 6.92 Å². The number of nitrogens with zero attached hydrogens (tertiary/aromatic N) is 1. The number of piperidine rings is 1. The average Bonchev–Trinajstić information content (AvgIpc) is 2.47. The molecule has 3 atom stereocenters. The first kappa shape index (κ1) is 18.9. The maximum absolute atomic E-state index is 11.8. The molecule has 1 aromatic carbocycles. The Hall–Kier alpha value is -1.39. The molecule has 0 spiro atoms. The molecule has 2 rings (SSSR count). The van der Waals surface area contributed by atoms with E-state index in [0.29, 0.717) is 6.42 Å². The third kappa shape index (κ3) is 4.81. The van der Waals surface area contributed by atoms with Crippen molar-refractivity contribution in [2.75, 3.05) is 13.1 Å². The maximum atomic E-state index is 11.8. The van der Waals surface area contributed by atoms with Crippen LogP contribution in [0.4, 0.5) is 0 Å². The largest absolute Gasteiger partial charge is 0.388 e. The van der Waals surface area contributed by atoms with Gasteiger partial charge in [-0.3, -0.25) is 9.69 Å². The maximum Gasteiger partial charge on any atom is 0.217 e. The van der Waals surface area contributed by atoms with Crippen LogP contribution >= 0.6 is 0 Å². The first-order chi connectivity index (χ1) is 11.1. The van der Waals surface area contributed by atoms with Gasteiger partial charge in [-0.15, -0.1) is 0 Å². The third-order valence-corrected chi connectivity index (χ3v) is 4.93. The lowest BCUT2D eigenvalue weighted by atomic mass is 9.79. The SMILES string of the molecule is CC(=O)NC1C(c2ccccc2)N(CCC(C)(C)C)CCC1(C)O. The molecule has 1 amide bonds. The predicted octanol–water partition coefficient (Wildman–Crippen LogP) is 3.13. The van der Waals surface area contributed by atoms with Gasteiger partial charge in [0.15, 0.2) is 0 Å². The Balaban J connectivity index is 2.34. The zero-order valence-electron chi connectivity index (χ0n) is 15.7. The van der Waals surface area contributed by atoms with Gasteiger partial charge >= 0.3 is 0 Å². The summed E-state index contributed by atoms with van der Waals surface area (Å²) < 4.78 is 0. The second kappa shape index (κ2) is 7.24. The number of carbonyl (C=O) groups excluding carboxylic acids is 1. The van der Waals surface area contributed by atoms with E-state index in [1.807, 2.05) is 25.1 Å². The molecule has 0 aromatic heterocycles. The van der Waals surface area contributed by atoms with Crippen molar-refractivity contribution in [3.05, 3.63) is 35.9 Å². The highest BCUT2D eigenvalue weighted by atomic mass is 16.3. The van der Waals surface area contributed by atoms with Crippen LogP contribution in [0.15, 0.2) is 30.3 Å². The first-order valence-corrected chi connectivity index (χ1v) is 8.89. The van der Waals surface area contributed by atoms with Gasteiger partial charge in [0, 0.05) is 13.5 Å². The fourth-order valence-electron chi connectivity index (χ4n) is 3.45. The molecule has 4 nitrogen and oxygen atoms in total. The number of likely N-dealkylation sites (tertiary alicyclic amines) is 1. The van der Waals surface area contributed by atoms with Crippen molar-refractivity contribution >= 4 is 5.91 Å². The summed E-state index contributed by atoms with van der Waals surface area (Å²) in [5, 5.41) is 13.9. The number of carbonyl (C=O) groups is 1. The number of rotatable bonds is 4. The zero-order valence-corrected chi connectivity index (χ0v) is 15.7. The molecular formula is C20H32N2O2. The van der Waals surface area contributed by atoms with Crippen molar-refractivity contribution in [2.45, 2.75) is 65.1 Å². The molecule has 134 valence electrons. The Kier molecular flexibility index (Phi) is 5.71. The Morgan fingerprint density at radius 3 is 2.50 bits per heavy atom. The molecular weight excluding hydrogens is 300 g/mol. The number of aliphatic hydroxyl groups is 1.